The topological polar surface area (TPSA) is 34.9 Å². The van der Waals surface area contributed by atoms with Gasteiger partial charge in [-0.05, 0) is 5.56 Å². The molecule has 1 aromatic heterocycles. The lowest BCUT2D eigenvalue weighted by Crippen LogP contribution is -2.32. The van der Waals surface area contributed by atoms with Gasteiger partial charge in [-0.2, -0.15) is 16.9 Å². The summed E-state index contributed by atoms with van der Waals surface area (Å²) < 4.78 is 1.75. The van der Waals surface area contributed by atoms with E-state index in [1.807, 2.05) is 36.8 Å². The molecule has 1 aliphatic rings. The van der Waals surface area contributed by atoms with Gasteiger partial charge in [-0.25, -0.2) is 0 Å². The summed E-state index contributed by atoms with van der Waals surface area (Å²) in [5.41, 5.74) is 1.02. The van der Waals surface area contributed by atoms with Gasteiger partial charge in [0.05, 0.1) is 11.4 Å². The van der Waals surface area contributed by atoms with Crippen molar-refractivity contribution in [3.63, 3.8) is 0 Å². The molecule has 0 bridgehead atoms. The summed E-state index contributed by atoms with van der Waals surface area (Å²) in [7, 11) is 1.88. The Labute approximate surface area is 111 Å². The van der Waals surface area contributed by atoms with Crippen LogP contribution in [-0.2, 0) is 18.3 Å². The van der Waals surface area contributed by atoms with Crippen LogP contribution in [0.25, 0.3) is 0 Å². The average Bonchev–Trinajstić information content (AvgIpc) is 2.68. The molecule has 3 atom stereocenters. The fourth-order valence-electron chi connectivity index (χ4n) is 1.83. The van der Waals surface area contributed by atoms with Crippen molar-refractivity contribution in [2.75, 3.05) is 5.75 Å². The third kappa shape index (κ3) is 3.28. The average molecular weight is 270 g/mol. The van der Waals surface area contributed by atoms with Crippen LogP contribution in [0.3, 0.4) is 0 Å². The molecule has 5 heteroatoms. The largest absolute Gasteiger partial charge is 0.298 e. The van der Waals surface area contributed by atoms with Crippen molar-refractivity contribution in [2.45, 2.75) is 36.0 Å². The predicted molar refractivity (Wildman–Crippen MR) is 74.7 cm³/mol. The van der Waals surface area contributed by atoms with Gasteiger partial charge in [-0.15, -0.1) is 11.8 Å². The Kier molecular flexibility index (Phi) is 4.20. The van der Waals surface area contributed by atoms with Crippen LogP contribution < -0.4 is 0 Å². The molecule has 3 unspecified atom stereocenters. The van der Waals surface area contributed by atoms with E-state index in [9.17, 15) is 4.79 Å². The first-order chi connectivity index (χ1) is 8.06. The first-order valence-corrected chi connectivity index (χ1v) is 7.82. The van der Waals surface area contributed by atoms with Gasteiger partial charge >= 0.3 is 0 Å². The van der Waals surface area contributed by atoms with Crippen LogP contribution in [0.4, 0.5) is 0 Å². The lowest BCUT2D eigenvalue weighted by molar-refractivity contribution is -0.117. The SMILES string of the molecule is CC1SCC(C(=O)Cc2cnn(C)c2)SC1C. The molecule has 17 heavy (non-hydrogen) atoms. The Balaban J connectivity index is 1.92. The Bertz CT molecular complexity index is 405. The highest BCUT2D eigenvalue weighted by Crippen LogP contribution is 2.36. The van der Waals surface area contributed by atoms with Gasteiger partial charge in [0.25, 0.3) is 0 Å². The van der Waals surface area contributed by atoms with Gasteiger partial charge in [0.15, 0.2) is 5.78 Å². The molecule has 0 aromatic carbocycles. The molecular formula is C12H18N2OS2. The van der Waals surface area contributed by atoms with E-state index < -0.39 is 0 Å². The zero-order valence-corrected chi connectivity index (χ0v) is 12.1. The summed E-state index contributed by atoms with van der Waals surface area (Å²) >= 11 is 3.75. The highest BCUT2D eigenvalue weighted by molar-refractivity contribution is 8.08. The summed E-state index contributed by atoms with van der Waals surface area (Å²) in [6, 6.07) is 0. The first-order valence-electron chi connectivity index (χ1n) is 5.83. The quantitative estimate of drug-likeness (QED) is 0.843. The summed E-state index contributed by atoms with van der Waals surface area (Å²) in [6.45, 7) is 4.45. The molecule has 0 radical (unpaired) electrons. The maximum Gasteiger partial charge on any atom is 0.151 e. The molecule has 2 rings (SSSR count). The summed E-state index contributed by atoms with van der Waals surface area (Å²) in [5, 5.41) is 5.47. The van der Waals surface area contributed by atoms with Crippen LogP contribution in [-0.4, -0.2) is 37.1 Å². The lowest BCUT2D eigenvalue weighted by atomic mass is 10.1. The standard InChI is InChI=1S/C12H18N2OS2/c1-8-9(2)17-12(7-16-8)11(15)4-10-5-13-14(3)6-10/h5-6,8-9,12H,4,7H2,1-3H3. The van der Waals surface area contributed by atoms with Gasteiger partial charge in [-0.3, -0.25) is 9.48 Å². The normalized spacial score (nSPS) is 29.2. The van der Waals surface area contributed by atoms with Crippen LogP contribution in [0, 0.1) is 0 Å². The third-order valence-corrected chi connectivity index (χ3v) is 6.49. The van der Waals surface area contributed by atoms with Crippen molar-refractivity contribution in [3.8, 4) is 0 Å². The zero-order chi connectivity index (χ0) is 12.4. The number of hydrogen-bond acceptors (Lipinski definition) is 4. The minimum absolute atomic E-state index is 0.159. The number of Topliss-reactive ketones (excluding diaryl/α,β-unsaturated/α-hetero) is 1. The molecule has 1 aromatic rings. The Hall–Kier alpha value is -0.420. The van der Waals surface area contributed by atoms with Crippen LogP contribution >= 0.6 is 23.5 Å². The van der Waals surface area contributed by atoms with E-state index in [2.05, 4.69) is 18.9 Å². The summed E-state index contributed by atoms with van der Waals surface area (Å²) in [6.07, 6.45) is 4.22. The number of thioether (sulfide) groups is 2. The number of carbonyl (C=O) groups is 1. The van der Waals surface area contributed by atoms with Gasteiger partial charge < -0.3 is 0 Å². The Morgan fingerprint density at radius 2 is 2.29 bits per heavy atom. The number of nitrogens with zero attached hydrogens (tertiary/aromatic N) is 2. The van der Waals surface area contributed by atoms with Crippen LogP contribution in [0.1, 0.15) is 19.4 Å². The third-order valence-electron chi connectivity index (χ3n) is 3.05. The molecule has 94 valence electrons. The summed E-state index contributed by atoms with van der Waals surface area (Å²) in [4.78, 5) is 12.2. The smallest absolute Gasteiger partial charge is 0.151 e. The maximum absolute atomic E-state index is 12.2. The monoisotopic (exact) mass is 270 g/mol. The highest BCUT2D eigenvalue weighted by Gasteiger charge is 2.30. The predicted octanol–water partition coefficient (Wildman–Crippen LogP) is 2.16. The number of aryl methyl sites for hydroxylation is 1. The van der Waals surface area contributed by atoms with Gasteiger partial charge in [-0.1, -0.05) is 13.8 Å². The van der Waals surface area contributed by atoms with Crippen LogP contribution in [0.5, 0.6) is 0 Å². The van der Waals surface area contributed by atoms with Crippen LogP contribution in [0.15, 0.2) is 12.4 Å². The fourth-order valence-corrected chi connectivity index (χ4v) is 4.72. The molecule has 1 aliphatic heterocycles. The van der Waals surface area contributed by atoms with E-state index >= 15 is 0 Å². The van der Waals surface area contributed by atoms with E-state index in [4.69, 9.17) is 0 Å². The minimum atomic E-state index is 0.159. The molecule has 0 spiro atoms. The minimum Gasteiger partial charge on any atom is -0.298 e. The molecule has 2 heterocycles. The second-order valence-corrected chi connectivity index (χ2v) is 7.53. The molecule has 1 fully saturated rings. The van der Waals surface area contributed by atoms with E-state index in [1.165, 1.54) is 0 Å². The van der Waals surface area contributed by atoms with Gasteiger partial charge in [0.1, 0.15) is 0 Å². The van der Waals surface area contributed by atoms with Crippen molar-refractivity contribution >= 4 is 29.3 Å². The highest BCUT2D eigenvalue weighted by atomic mass is 32.2. The number of ketones is 1. The maximum atomic E-state index is 12.2. The number of carbonyl (C=O) groups excluding carboxylic acids is 1. The Morgan fingerprint density at radius 3 is 2.88 bits per heavy atom. The van der Waals surface area contributed by atoms with Gasteiger partial charge in [0, 0.05) is 35.9 Å². The molecule has 1 saturated heterocycles. The number of hydrogen-bond donors (Lipinski definition) is 0. The summed E-state index contributed by atoms with van der Waals surface area (Å²) in [5.74, 6) is 1.30. The van der Waals surface area contributed by atoms with Crippen molar-refractivity contribution in [1.29, 1.82) is 0 Å². The molecule has 0 N–H and O–H groups in total. The van der Waals surface area contributed by atoms with Crippen molar-refractivity contribution in [2.24, 2.45) is 7.05 Å². The number of aromatic nitrogens is 2. The molecular weight excluding hydrogens is 252 g/mol. The van der Waals surface area contributed by atoms with Crippen molar-refractivity contribution < 1.29 is 4.79 Å². The first kappa shape index (κ1) is 13.0. The van der Waals surface area contributed by atoms with E-state index in [0.717, 1.165) is 11.3 Å². The number of rotatable bonds is 3. The fraction of sp³-hybridized carbons (Fsp3) is 0.667. The van der Waals surface area contributed by atoms with Crippen molar-refractivity contribution in [3.05, 3.63) is 18.0 Å². The van der Waals surface area contributed by atoms with E-state index in [0.29, 0.717) is 22.7 Å². The van der Waals surface area contributed by atoms with E-state index in [-0.39, 0.29) is 5.25 Å². The van der Waals surface area contributed by atoms with Crippen molar-refractivity contribution in [1.82, 2.24) is 9.78 Å². The Morgan fingerprint density at radius 1 is 1.53 bits per heavy atom. The van der Waals surface area contributed by atoms with Gasteiger partial charge in [0.2, 0.25) is 0 Å². The van der Waals surface area contributed by atoms with Crippen LogP contribution in [0.2, 0.25) is 0 Å². The second kappa shape index (κ2) is 5.48. The van der Waals surface area contributed by atoms with E-state index in [1.54, 1.807) is 10.9 Å². The lowest BCUT2D eigenvalue weighted by Gasteiger charge is -2.30. The molecule has 3 nitrogen and oxygen atoms in total. The zero-order valence-electron chi connectivity index (χ0n) is 10.4. The second-order valence-electron chi connectivity index (χ2n) is 4.53. The molecule has 0 aliphatic carbocycles. The molecule has 0 amide bonds. The molecule has 0 saturated carbocycles.